The number of benzene rings is 1. The summed E-state index contributed by atoms with van der Waals surface area (Å²) in [6, 6.07) is 5.66. The molecular weight excluding hydrogens is 201 g/mol. The van der Waals surface area contributed by atoms with E-state index in [1.54, 1.807) is 12.1 Å². The van der Waals surface area contributed by atoms with Gasteiger partial charge in [-0.2, -0.15) is 0 Å². The van der Waals surface area contributed by atoms with Gasteiger partial charge in [-0.3, -0.25) is 0 Å². The van der Waals surface area contributed by atoms with Crippen LogP contribution < -0.4 is 5.32 Å². The summed E-state index contributed by atoms with van der Waals surface area (Å²) in [6.45, 7) is 0.908. The van der Waals surface area contributed by atoms with Gasteiger partial charge in [0.15, 0.2) is 0 Å². The fourth-order valence-corrected chi connectivity index (χ4v) is 2.29. The van der Waals surface area contributed by atoms with Crippen molar-refractivity contribution >= 4 is 0 Å². The molecule has 0 saturated heterocycles. The molecule has 16 heavy (non-hydrogen) atoms. The first-order valence-corrected chi connectivity index (χ1v) is 5.77. The van der Waals surface area contributed by atoms with Gasteiger partial charge in [0.1, 0.15) is 5.82 Å². The third kappa shape index (κ3) is 2.25. The molecule has 0 amide bonds. The summed E-state index contributed by atoms with van der Waals surface area (Å²) < 4.78 is 13.5. The second-order valence-corrected chi connectivity index (χ2v) is 4.16. The molecule has 0 saturated carbocycles. The normalized spacial score (nSPS) is 18.1. The highest BCUT2D eigenvalue weighted by molar-refractivity contribution is 5.35. The Kier molecular flexibility index (Phi) is 3.58. The fourth-order valence-electron chi connectivity index (χ4n) is 2.29. The molecule has 0 spiro atoms. The van der Waals surface area contributed by atoms with E-state index in [1.807, 2.05) is 6.07 Å². The Morgan fingerprint density at radius 1 is 1.50 bits per heavy atom. The zero-order chi connectivity index (χ0) is 11.4. The molecule has 1 aliphatic carbocycles. The van der Waals surface area contributed by atoms with Crippen molar-refractivity contribution in [1.82, 2.24) is 5.32 Å². The van der Waals surface area contributed by atoms with Crippen LogP contribution in [0.3, 0.4) is 0 Å². The summed E-state index contributed by atoms with van der Waals surface area (Å²) in [6.07, 6.45) is 8.81. The first-order valence-electron chi connectivity index (χ1n) is 5.77. The molecule has 0 aromatic heterocycles. The van der Waals surface area contributed by atoms with Crippen molar-refractivity contribution in [2.75, 3.05) is 6.54 Å². The maximum Gasteiger partial charge on any atom is 0.126 e. The molecule has 1 atom stereocenters. The Balaban J connectivity index is 1.96. The van der Waals surface area contributed by atoms with E-state index in [2.05, 4.69) is 11.2 Å². The average Bonchev–Trinajstić information content (AvgIpc) is 2.70. The van der Waals surface area contributed by atoms with Gasteiger partial charge in [-0.15, -0.1) is 12.3 Å². The maximum absolute atomic E-state index is 13.5. The van der Waals surface area contributed by atoms with Crippen LogP contribution in [-0.4, -0.2) is 6.54 Å². The molecule has 2 rings (SSSR count). The van der Waals surface area contributed by atoms with Gasteiger partial charge in [0.05, 0.1) is 0 Å². The fraction of sp³-hybridized carbons (Fsp3) is 0.429. The molecule has 0 radical (unpaired) electrons. The number of nitrogens with one attached hydrogen (secondary N) is 1. The summed E-state index contributed by atoms with van der Waals surface area (Å²) in [5.41, 5.74) is 2.01. The molecule has 1 aromatic rings. The lowest BCUT2D eigenvalue weighted by Crippen LogP contribution is -2.20. The first kappa shape index (κ1) is 11.2. The Hall–Kier alpha value is -1.33. The lowest BCUT2D eigenvalue weighted by atomic mass is 10.1. The van der Waals surface area contributed by atoms with Crippen LogP contribution in [-0.2, 0) is 6.42 Å². The Morgan fingerprint density at radius 3 is 3.19 bits per heavy atom. The first-order chi connectivity index (χ1) is 7.83. The van der Waals surface area contributed by atoms with E-state index in [0.717, 1.165) is 43.4 Å². The zero-order valence-corrected chi connectivity index (χ0v) is 9.30. The smallest absolute Gasteiger partial charge is 0.126 e. The van der Waals surface area contributed by atoms with E-state index in [9.17, 15) is 4.39 Å². The van der Waals surface area contributed by atoms with Crippen LogP contribution >= 0.6 is 0 Å². The van der Waals surface area contributed by atoms with Crippen molar-refractivity contribution in [2.24, 2.45) is 0 Å². The summed E-state index contributed by atoms with van der Waals surface area (Å²) >= 11 is 0. The molecule has 1 unspecified atom stereocenters. The predicted octanol–water partition coefficient (Wildman–Crippen LogP) is 2.82. The number of hydrogen-bond donors (Lipinski definition) is 1. The molecule has 1 N–H and O–H groups in total. The van der Waals surface area contributed by atoms with Gasteiger partial charge in [-0.05, 0) is 43.0 Å². The SMILES string of the molecule is C#CCCCNC1CCc2c(F)cccc21. The van der Waals surface area contributed by atoms with Crippen molar-refractivity contribution in [2.45, 2.75) is 31.7 Å². The Labute approximate surface area is 96.1 Å². The largest absolute Gasteiger partial charge is 0.310 e. The highest BCUT2D eigenvalue weighted by atomic mass is 19.1. The minimum atomic E-state index is -0.0644. The number of hydrogen-bond acceptors (Lipinski definition) is 1. The maximum atomic E-state index is 13.5. The zero-order valence-electron chi connectivity index (χ0n) is 9.30. The summed E-state index contributed by atoms with van der Waals surface area (Å²) in [5, 5.41) is 3.44. The van der Waals surface area contributed by atoms with Gasteiger partial charge in [0, 0.05) is 12.5 Å². The van der Waals surface area contributed by atoms with E-state index in [-0.39, 0.29) is 5.82 Å². The monoisotopic (exact) mass is 217 g/mol. The topological polar surface area (TPSA) is 12.0 Å². The van der Waals surface area contributed by atoms with Gasteiger partial charge in [0.25, 0.3) is 0 Å². The second-order valence-electron chi connectivity index (χ2n) is 4.16. The average molecular weight is 217 g/mol. The Morgan fingerprint density at radius 2 is 2.38 bits per heavy atom. The summed E-state index contributed by atoms with van der Waals surface area (Å²) in [7, 11) is 0. The third-order valence-corrected chi connectivity index (χ3v) is 3.10. The van der Waals surface area contributed by atoms with Gasteiger partial charge in [0.2, 0.25) is 0 Å². The van der Waals surface area contributed by atoms with Crippen LogP contribution in [0, 0.1) is 18.2 Å². The molecule has 0 fully saturated rings. The molecule has 0 aliphatic heterocycles. The molecule has 0 heterocycles. The van der Waals surface area contributed by atoms with Crippen molar-refractivity contribution in [3.8, 4) is 12.3 Å². The van der Waals surface area contributed by atoms with Crippen LogP contribution in [0.15, 0.2) is 18.2 Å². The number of rotatable bonds is 4. The van der Waals surface area contributed by atoms with E-state index in [4.69, 9.17) is 6.42 Å². The van der Waals surface area contributed by atoms with Gasteiger partial charge < -0.3 is 5.32 Å². The van der Waals surface area contributed by atoms with Gasteiger partial charge >= 0.3 is 0 Å². The number of terminal acetylenes is 1. The van der Waals surface area contributed by atoms with Crippen LogP contribution in [0.5, 0.6) is 0 Å². The standard InChI is InChI=1S/C14H16FN/c1-2-3-4-10-16-14-9-8-11-12(14)6-5-7-13(11)15/h1,5-7,14,16H,3-4,8-10H2. The van der Waals surface area contributed by atoms with Crippen LogP contribution in [0.2, 0.25) is 0 Å². The summed E-state index contributed by atoms with van der Waals surface area (Å²) in [5.74, 6) is 2.56. The quantitative estimate of drug-likeness (QED) is 0.604. The lowest BCUT2D eigenvalue weighted by molar-refractivity contribution is 0.523. The van der Waals surface area contributed by atoms with Crippen molar-refractivity contribution in [1.29, 1.82) is 0 Å². The van der Waals surface area contributed by atoms with Crippen LogP contribution in [0.25, 0.3) is 0 Å². The van der Waals surface area contributed by atoms with Crippen molar-refractivity contribution in [3.05, 3.63) is 35.1 Å². The van der Waals surface area contributed by atoms with Crippen LogP contribution in [0.1, 0.15) is 36.4 Å². The second kappa shape index (κ2) is 5.14. The molecule has 0 bridgehead atoms. The number of halogens is 1. The molecule has 2 heteroatoms. The Bertz CT molecular complexity index is 406. The summed E-state index contributed by atoms with van der Waals surface area (Å²) in [4.78, 5) is 0. The van der Waals surface area contributed by atoms with E-state index >= 15 is 0 Å². The van der Waals surface area contributed by atoms with E-state index in [1.165, 1.54) is 0 Å². The number of unbranched alkanes of at least 4 members (excludes halogenated alkanes) is 1. The molecular formula is C14H16FN. The van der Waals surface area contributed by atoms with Crippen molar-refractivity contribution < 1.29 is 4.39 Å². The minimum Gasteiger partial charge on any atom is -0.310 e. The van der Waals surface area contributed by atoms with Gasteiger partial charge in [-0.25, -0.2) is 4.39 Å². The van der Waals surface area contributed by atoms with E-state index in [0.29, 0.717) is 6.04 Å². The van der Waals surface area contributed by atoms with Crippen molar-refractivity contribution in [3.63, 3.8) is 0 Å². The molecule has 1 nitrogen and oxygen atoms in total. The number of fused-ring (bicyclic) bond motifs is 1. The highest BCUT2D eigenvalue weighted by Crippen LogP contribution is 2.32. The highest BCUT2D eigenvalue weighted by Gasteiger charge is 2.23. The molecule has 1 aliphatic rings. The van der Waals surface area contributed by atoms with Gasteiger partial charge in [-0.1, -0.05) is 12.1 Å². The van der Waals surface area contributed by atoms with Crippen LogP contribution in [0.4, 0.5) is 4.39 Å². The lowest BCUT2D eigenvalue weighted by Gasteiger charge is -2.13. The third-order valence-electron chi connectivity index (χ3n) is 3.10. The minimum absolute atomic E-state index is 0.0644. The molecule has 84 valence electrons. The molecule has 1 aromatic carbocycles. The predicted molar refractivity (Wildman–Crippen MR) is 63.5 cm³/mol. The van der Waals surface area contributed by atoms with E-state index < -0.39 is 0 Å².